The van der Waals surface area contributed by atoms with Gasteiger partial charge in [0.2, 0.25) is 0 Å². The van der Waals surface area contributed by atoms with E-state index in [-0.39, 0.29) is 25.5 Å². The van der Waals surface area contributed by atoms with Gasteiger partial charge in [0.15, 0.2) is 0 Å². The number of furan rings is 1. The Balaban J connectivity index is 0.000000195. The van der Waals surface area contributed by atoms with Gasteiger partial charge in [-0.1, -0.05) is 118 Å². The van der Waals surface area contributed by atoms with Crippen molar-refractivity contribution in [3.8, 4) is 44.8 Å². The summed E-state index contributed by atoms with van der Waals surface area (Å²) in [6.07, 6.45) is 4.95. The predicted molar refractivity (Wildman–Crippen MR) is 230 cm³/mol. The molecule has 0 aliphatic carbocycles. The van der Waals surface area contributed by atoms with Crippen LogP contribution in [-0.2, 0) is 26.5 Å². The van der Waals surface area contributed by atoms with E-state index in [4.69, 9.17) is 9.40 Å². The van der Waals surface area contributed by atoms with Crippen LogP contribution in [0.15, 0.2) is 150 Å². The first-order valence-corrected chi connectivity index (χ1v) is 18.9. The van der Waals surface area contributed by atoms with Gasteiger partial charge in [-0.3, -0.25) is 0 Å². The van der Waals surface area contributed by atoms with Crippen LogP contribution in [0.1, 0.15) is 43.0 Å². The number of rotatable bonds is 5. The van der Waals surface area contributed by atoms with E-state index in [1.165, 1.54) is 55.1 Å². The van der Waals surface area contributed by atoms with Crippen molar-refractivity contribution in [2.24, 2.45) is 5.41 Å². The number of fused-ring (bicyclic) bond motifs is 5. The maximum absolute atomic E-state index is 6.13. The SMILES string of the molecule is Cc1c[c-]c(-c2cc(-c3ccccc3)c(C)cn2)cc1.Cc1cnc(-c2[c-]ccc(-c3cccc4c3ccc3oc5ccccc5c34)c2)cc1CC(C)(C)C.[Ir]. The van der Waals surface area contributed by atoms with Crippen molar-refractivity contribution in [1.82, 2.24) is 9.97 Å². The number of para-hydroxylation sites is 1. The Bertz CT molecular complexity index is 2790. The van der Waals surface area contributed by atoms with E-state index in [1.807, 2.05) is 42.7 Å². The third-order valence-electron chi connectivity index (χ3n) is 10.2. The number of hydrogen-bond acceptors (Lipinski definition) is 3. The average molecular weight is 905 g/mol. The molecule has 0 N–H and O–H groups in total. The molecule has 3 nitrogen and oxygen atoms in total. The molecule has 9 rings (SSSR count). The maximum atomic E-state index is 6.13. The first-order chi connectivity index (χ1) is 26.6. The fourth-order valence-electron chi connectivity index (χ4n) is 7.35. The van der Waals surface area contributed by atoms with Crippen molar-refractivity contribution in [2.75, 3.05) is 0 Å². The number of pyridine rings is 2. The number of aromatic nitrogens is 2. The van der Waals surface area contributed by atoms with Crippen LogP contribution in [0.2, 0.25) is 0 Å². The summed E-state index contributed by atoms with van der Waals surface area (Å²) in [5.41, 5.74) is 15.9. The van der Waals surface area contributed by atoms with Gasteiger partial charge >= 0.3 is 0 Å². The number of aryl methyl sites for hydroxylation is 3. The largest absolute Gasteiger partial charge is 0.456 e. The molecule has 0 unspecified atom stereocenters. The van der Waals surface area contributed by atoms with Crippen molar-refractivity contribution in [2.45, 2.75) is 48.0 Å². The van der Waals surface area contributed by atoms with Crippen LogP contribution >= 0.6 is 0 Å². The summed E-state index contributed by atoms with van der Waals surface area (Å²) in [5.74, 6) is 0. The molecule has 0 spiro atoms. The van der Waals surface area contributed by atoms with Gasteiger partial charge in [0.1, 0.15) is 11.2 Å². The molecule has 56 heavy (non-hydrogen) atoms. The molecule has 0 saturated carbocycles. The number of benzene rings is 6. The number of nitrogens with zero attached hydrogens (tertiary/aromatic N) is 2. The van der Waals surface area contributed by atoms with E-state index in [2.05, 4.69) is 162 Å². The average Bonchev–Trinajstić information content (AvgIpc) is 3.59. The van der Waals surface area contributed by atoms with Crippen molar-refractivity contribution < 1.29 is 24.5 Å². The molecule has 0 saturated heterocycles. The second-order valence-corrected chi connectivity index (χ2v) is 15.7. The van der Waals surface area contributed by atoms with Gasteiger partial charge in [-0.05, 0) is 87.8 Å². The Morgan fingerprint density at radius 1 is 0.571 bits per heavy atom. The van der Waals surface area contributed by atoms with Gasteiger partial charge in [0.05, 0.1) is 0 Å². The minimum Gasteiger partial charge on any atom is -0.456 e. The molecule has 1 radical (unpaired) electrons. The fraction of sp³-hybridized carbons (Fsp3) is 0.154. The monoisotopic (exact) mass is 905 g/mol. The Morgan fingerprint density at radius 2 is 1.30 bits per heavy atom. The zero-order valence-corrected chi connectivity index (χ0v) is 35.1. The van der Waals surface area contributed by atoms with Crippen LogP contribution in [-0.4, -0.2) is 9.97 Å². The van der Waals surface area contributed by atoms with Gasteiger partial charge in [0.25, 0.3) is 0 Å². The van der Waals surface area contributed by atoms with E-state index >= 15 is 0 Å². The van der Waals surface area contributed by atoms with Crippen LogP contribution in [0.25, 0.3) is 77.5 Å². The quantitative estimate of drug-likeness (QED) is 0.162. The van der Waals surface area contributed by atoms with Gasteiger partial charge < -0.3 is 14.4 Å². The fourth-order valence-corrected chi connectivity index (χ4v) is 7.35. The summed E-state index contributed by atoms with van der Waals surface area (Å²) in [7, 11) is 0. The molecule has 9 aromatic rings. The minimum absolute atomic E-state index is 0. The van der Waals surface area contributed by atoms with E-state index < -0.39 is 0 Å². The summed E-state index contributed by atoms with van der Waals surface area (Å²) >= 11 is 0. The van der Waals surface area contributed by atoms with Crippen LogP contribution < -0.4 is 0 Å². The molecule has 3 heterocycles. The van der Waals surface area contributed by atoms with E-state index in [1.54, 1.807) is 0 Å². The molecule has 0 amide bonds. The molecule has 279 valence electrons. The third-order valence-corrected chi connectivity index (χ3v) is 10.2. The standard InChI is InChI=1S/C33H28NO.C19H16N.Ir/c1-21-20-34-29(18-24(21)19-33(2,3)4)23-10-7-9-22(17-23)25-12-8-13-27-26(25)15-16-31-32(27)28-11-5-6-14-30(28)35-31;1-14-8-10-17(11-9-14)19-12-18(15(2)13-20-19)16-6-4-3-5-7-16;/h5-9,11-18,20H,19H2,1-4H3;3-10,12-13H,1-2H3;/q2*-1;. The zero-order valence-electron chi connectivity index (χ0n) is 32.7. The Labute approximate surface area is 343 Å². The van der Waals surface area contributed by atoms with Gasteiger partial charge in [-0.25, -0.2) is 0 Å². The molecule has 0 aliphatic heterocycles. The van der Waals surface area contributed by atoms with Crippen LogP contribution in [0.4, 0.5) is 0 Å². The van der Waals surface area contributed by atoms with Crippen LogP contribution in [0.3, 0.4) is 0 Å². The molecule has 0 atom stereocenters. The van der Waals surface area contributed by atoms with Gasteiger partial charge in [0, 0.05) is 43.3 Å². The second kappa shape index (κ2) is 16.2. The molecule has 4 heteroatoms. The van der Waals surface area contributed by atoms with Crippen LogP contribution in [0, 0.1) is 38.3 Å². The molecule has 0 fully saturated rings. The smallest absolute Gasteiger partial charge is 0.136 e. The summed E-state index contributed by atoms with van der Waals surface area (Å²) in [6.45, 7) is 13.1. The Kier molecular flexibility index (Phi) is 11.2. The van der Waals surface area contributed by atoms with Gasteiger partial charge in [-0.15, -0.1) is 70.8 Å². The minimum atomic E-state index is 0. The predicted octanol–water partition coefficient (Wildman–Crippen LogP) is 14.0. The molecule has 6 aromatic carbocycles. The van der Waals surface area contributed by atoms with Crippen molar-refractivity contribution in [1.29, 1.82) is 0 Å². The summed E-state index contributed by atoms with van der Waals surface area (Å²) in [6, 6.07) is 53.1. The molecular weight excluding hydrogens is 861 g/mol. The Morgan fingerprint density at radius 3 is 2.07 bits per heavy atom. The summed E-state index contributed by atoms with van der Waals surface area (Å²) < 4.78 is 6.13. The van der Waals surface area contributed by atoms with Crippen molar-refractivity contribution >= 4 is 32.7 Å². The topological polar surface area (TPSA) is 38.9 Å². The van der Waals surface area contributed by atoms with Crippen molar-refractivity contribution in [3.05, 3.63) is 180 Å². The number of hydrogen-bond donors (Lipinski definition) is 0. The molecule has 0 aliphatic rings. The van der Waals surface area contributed by atoms with Crippen LogP contribution in [0.5, 0.6) is 0 Å². The van der Waals surface area contributed by atoms with E-state index in [0.29, 0.717) is 0 Å². The molecule has 3 aromatic heterocycles. The maximum Gasteiger partial charge on any atom is 0.136 e. The van der Waals surface area contributed by atoms with Gasteiger partial charge in [-0.2, -0.15) is 0 Å². The second-order valence-electron chi connectivity index (χ2n) is 15.7. The molecular formula is C52H44IrN2O-2. The van der Waals surface area contributed by atoms with E-state index in [9.17, 15) is 0 Å². The summed E-state index contributed by atoms with van der Waals surface area (Å²) in [4.78, 5) is 9.29. The zero-order chi connectivity index (χ0) is 38.1. The molecule has 0 bridgehead atoms. The van der Waals surface area contributed by atoms with E-state index in [0.717, 1.165) is 51.1 Å². The Hall–Kier alpha value is -5.67. The van der Waals surface area contributed by atoms with Crippen molar-refractivity contribution in [3.63, 3.8) is 0 Å². The summed E-state index contributed by atoms with van der Waals surface area (Å²) in [5, 5.41) is 4.76. The first kappa shape index (κ1) is 38.6. The third kappa shape index (κ3) is 8.14. The normalized spacial score (nSPS) is 11.3. The first-order valence-electron chi connectivity index (χ1n) is 18.9.